The van der Waals surface area contributed by atoms with E-state index in [0.717, 1.165) is 32.6 Å². The molecule has 3 aromatic rings. The number of nitrogens with zero attached hydrogens (tertiary/aromatic N) is 4. The third-order valence-electron chi connectivity index (χ3n) is 6.60. The van der Waals surface area contributed by atoms with Gasteiger partial charge in [0.1, 0.15) is 10.7 Å². The van der Waals surface area contributed by atoms with Gasteiger partial charge in [0.05, 0.1) is 42.3 Å². The molecule has 1 saturated heterocycles. The molecule has 2 aliphatic heterocycles. The standard InChI is InChI=1S/C31H34N6O3S2/c1-6-32-23-14-12-21(33-27(38)19-35(2)3)16-24(23)34-31-37(18-20-10-8-7-9-11-20)29(39)28(42-31)30-36(4)25-17-22(40-5)13-15-26(25)41-30/h7-17,32H,6,18-19H2,1-5H3,(H,33,38)/b30-28-,34-31+. The van der Waals surface area contributed by atoms with Crippen LogP contribution in [0.5, 0.6) is 5.75 Å². The van der Waals surface area contributed by atoms with Crippen molar-refractivity contribution in [3.05, 3.63) is 82.2 Å². The number of amides is 2. The molecule has 0 saturated carbocycles. The molecule has 1 fully saturated rings. The van der Waals surface area contributed by atoms with Crippen LogP contribution >= 0.6 is 23.5 Å². The minimum atomic E-state index is -0.115. The van der Waals surface area contributed by atoms with Crippen molar-refractivity contribution in [2.75, 3.05) is 56.9 Å². The molecule has 0 bridgehead atoms. The fourth-order valence-corrected chi connectivity index (χ4v) is 6.93. The largest absolute Gasteiger partial charge is 0.497 e. The van der Waals surface area contributed by atoms with Crippen molar-refractivity contribution in [1.82, 2.24) is 9.80 Å². The Balaban J connectivity index is 1.55. The van der Waals surface area contributed by atoms with E-state index >= 15 is 0 Å². The Morgan fingerprint density at radius 3 is 2.55 bits per heavy atom. The first-order valence-electron chi connectivity index (χ1n) is 13.6. The fourth-order valence-electron chi connectivity index (χ4n) is 4.61. The van der Waals surface area contributed by atoms with E-state index in [-0.39, 0.29) is 18.4 Å². The summed E-state index contributed by atoms with van der Waals surface area (Å²) in [6.45, 7) is 3.36. The first-order chi connectivity index (χ1) is 20.3. The summed E-state index contributed by atoms with van der Waals surface area (Å²) in [5.74, 6) is 0.548. The number of amidine groups is 1. The van der Waals surface area contributed by atoms with E-state index < -0.39 is 0 Å². The second-order valence-corrected chi connectivity index (χ2v) is 12.1. The molecule has 0 aromatic heterocycles. The number of carbonyl (C=O) groups excluding carboxylic acids is 2. The van der Waals surface area contributed by atoms with Crippen LogP contribution in [-0.2, 0) is 16.1 Å². The van der Waals surface area contributed by atoms with E-state index in [2.05, 4.69) is 10.6 Å². The molecule has 0 aliphatic carbocycles. The first kappa shape index (κ1) is 29.6. The van der Waals surface area contributed by atoms with Gasteiger partial charge in [-0.25, -0.2) is 4.99 Å². The second kappa shape index (κ2) is 12.9. The van der Waals surface area contributed by atoms with Gasteiger partial charge in [-0.1, -0.05) is 42.1 Å². The lowest BCUT2D eigenvalue weighted by Crippen LogP contribution is -2.29. The van der Waals surface area contributed by atoms with Gasteiger partial charge >= 0.3 is 0 Å². The van der Waals surface area contributed by atoms with Gasteiger partial charge < -0.3 is 25.2 Å². The minimum absolute atomic E-state index is 0.0998. The number of benzene rings is 3. The zero-order valence-corrected chi connectivity index (χ0v) is 25.9. The number of rotatable bonds is 9. The van der Waals surface area contributed by atoms with Gasteiger partial charge in [-0.05, 0) is 68.7 Å². The van der Waals surface area contributed by atoms with Gasteiger partial charge in [0.15, 0.2) is 5.17 Å². The van der Waals surface area contributed by atoms with Crippen LogP contribution in [0.15, 0.2) is 86.6 Å². The molecule has 5 rings (SSSR count). The van der Waals surface area contributed by atoms with Gasteiger partial charge in [0, 0.05) is 30.2 Å². The average molecular weight is 603 g/mol. The Hall–Kier alpha value is -3.93. The number of carbonyl (C=O) groups is 2. The number of fused-ring (bicyclic) bond motifs is 1. The Bertz CT molecular complexity index is 1560. The van der Waals surface area contributed by atoms with Gasteiger partial charge in [0.25, 0.3) is 5.91 Å². The third-order valence-corrected chi connectivity index (χ3v) is 9.04. The molecule has 2 heterocycles. The summed E-state index contributed by atoms with van der Waals surface area (Å²) < 4.78 is 5.43. The molecular formula is C31H34N6O3S2. The van der Waals surface area contributed by atoms with E-state index in [1.807, 2.05) is 105 Å². The van der Waals surface area contributed by atoms with Crippen molar-refractivity contribution in [3.8, 4) is 5.75 Å². The lowest BCUT2D eigenvalue weighted by Gasteiger charge is -2.18. The highest BCUT2D eigenvalue weighted by atomic mass is 32.2. The van der Waals surface area contributed by atoms with E-state index in [1.165, 1.54) is 11.8 Å². The molecule has 2 aliphatic rings. The van der Waals surface area contributed by atoms with Crippen molar-refractivity contribution < 1.29 is 14.3 Å². The maximum atomic E-state index is 14.1. The third kappa shape index (κ3) is 6.43. The number of likely N-dealkylation sites (N-methyl/N-ethyl adjacent to an activating group) is 1. The number of anilines is 3. The Morgan fingerprint density at radius 1 is 1.05 bits per heavy atom. The van der Waals surface area contributed by atoms with Crippen molar-refractivity contribution in [2.45, 2.75) is 18.4 Å². The number of hydrogen-bond acceptors (Lipinski definition) is 9. The lowest BCUT2D eigenvalue weighted by atomic mass is 10.2. The highest BCUT2D eigenvalue weighted by Gasteiger charge is 2.39. The summed E-state index contributed by atoms with van der Waals surface area (Å²) >= 11 is 2.94. The maximum Gasteiger partial charge on any atom is 0.269 e. The fraction of sp³-hybridized carbons (Fsp3) is 0.258. The molecule has 218 valence electrons. The van der Waals surface area contributed by atoms with E-state index in [0.29, 0.717) is 34.5 Å². The molecule has 9 nitrogen and oxygen atoms in total. The number of hydrogen-bond donors (Lipinski definition) is 2. The molecule has 42 heavy (non-hydrogen) atoms. The number of methoxy groups -OCH3 is 1. The highest BCUT2D eigenvalue weighted by Crippen LogP contribution is 2.51. The number of thioether (sulfide) groups is 2. The topological polar surface area (TPSA) is 89.5 Å². The molecule has 0 unspecified atom stereocenters. The van der Waals surface area contributed by atoms with Crippen LogP contribution in [0.3, 0.4) is 0 Å². The summed E-state index contributed by atoms with van der Waals surface area (Å²) in [6, 6.07) is 21.4. The summed E-state index contributed by atoms with van der Waals surface area (Å²) in [6.07, 6.45) is 0. The Labute approximate surface area is 255 Å². The monoisotopic (exact) mass is 602 g/mol. The average Bonchev–Trinajstić information content (AvgIpc) is 3.45. The van der Waals surface area contributed by atoms with Crippen molar-refractivity contribution in [2.24, 2.45) is 4.99 Å². The van der Waals surface area contributed by atoms with Crippen LogP contribution in [-0.4, -0.2) is 68.1 Å². The number of ether oxygens (including phenoxy) is 1. The summed E-state index contributed by atoms with van der Waals surface area (Å²) in [5.41, 5.74) is 4.09. The van der Waals surface area contributed by atoms with Crippen LogP contribution in [0.25, 0.3) is 0 Å². The Kier molecular flexibility index (Phi) is 9.10. The number of aliphatic imine (C=N–C) groups is 1. The van der Waals surface area contributed by atoms with Crippen molar-refractivity contribution >= 4 is 63.3 Å². The molecule has 2 amide bonds. The van der Waals surface area contributed by atoms with Gasteiger partial charge in [-0.3, -0.25) is 14.5 Å². The highest BCUT2D eigenvalue weighted by molar-refractivity contribution is 8.19. The SMILES string of the molecule is CCNc1ccc(NC(=O)CN(C)C)cc1/N=C1/S/C(=C2\Sc3ccc(OC)cc3N2C)C(=O)N1Cc1ccccc1. The van der Waals surface area contributed by atoms with E-state index in [1.54, 1.807) is 23.8 Å². The molecule has 2 N–H and O–H groups in total. The molecule has 0 spiro atoms. The second-order valence-electron chi connectivity index (χ2n) is 10.1. The van der Waals surface area contributed by atoms with Crippen LogP contribution in [0, 0.1) is 0 Å². The zero-order chi connectivity index (χ0) is 29.8. The first-order valence-corrected chi connectivity index (χ1v) is 15.2. The summed E-state index contributed by atoms with van der Waals surface area (Å²) in [4.78, 5) is 38.8. The lowest BCUT2D eigenvalue weighted by molar-refractivity contribution is -0.122. The van der Waals surface area contributed by atoms with Crippen LogP contribution in [0.1, 0.15) is 12.5 Å². The quantitative estimate of drug-likeness (QED) is 0.297. The van der Waals surface area contributed by atoms with Crippen LogP contribution in [0.2, 0.25) is 0 Å². The molecule has 0 atom stereocenters. The Morgan fingerprint density at radius 2 is 1.83 bits per heavy atom. The van der Waals surface area contributed by atoms with Gasteiger partial charge in [0.2, 0.25) is 5.91 Å². The van der Waals surface area contributed by atoms with Crippen molar-refractivity contribution in [3.63, 3.8) is 0 Å². The smallest absolute Gasteiger partial charge is 0.269 e. The van der Waals surface area contributed by atoms with E-state index in [4.69, 9.17) is 9.73 Å². The summed E-state index contributed by atoms with van der Waals surface area (Å²) in [7, 11) is 7.31. The minimum Gasteiger partial charge on any atom is -0.497 e. The number of nitrogens with one attached hydrogen (secondary N) is 2. The normalized spacial score (nSPS) is 17.3. The zero-order valence-electron chi connectivity index (χ0n) is 24.3. The molecular weight excluding hydrogens is 569 g/mol. The molecule has 0 radical (unpaired) electrons. The van der Waals surface area contributed by atoms with Crippen LogP contribution in [0.4, 0.5) is 22.7 Å². The molecule has 11 heteroatoms. The predicted molar refractivity (Wildman–Crippen MR) is 174 cm³/mol. The van der Waals surface area contributed by atoms with E-state index in [9.17, 15) is 9.59 Å². The van der Waals surface area contributed by atoms with Gasteiger partial charge in [-0.2, -0.15) is 0 Å². The van der Waals surface area contributed by atoms with Gasteiger partial charge in [-0.15, -0.1) is 0 Å². The van der Waals surface area contributed by atoms with Crippen molar-refractivity contribution in [1.29, 1.82) is 0 Å². The molecule has 3 aromatic carbocycles. The summed E-state index contributed by atoms with van der Waals surface area (Å²) in [5, 5.41) is 7.74. The maximum absolute atomic E-state index is 14.1. The van der Waals surface area contributed by atoms with Crippen LogP contribution < -0.4 is 20.3 Å². The predicted octanol–water partition coefficient (Wildman–Crippen LogP) is 5.80.